The van der Waals surface area contributed by atoms with Gasteiger partial charge in [-0.25, -0.2) is 0 Å². The normalized spacial score (nSPS) is 18.8. The second kappa shape index (κ2) is 11.9. The molecule has 4 rings (SSSR count). The van der Waals surface area contributed by atoms with E-state index in [9.17, 15) is 9.59 Å². The lowest BCUT2D eigenvalue weighted by Gasteiger charge is -2.31. The summed E-state index contributed by atoms with van der Waals surface area (Å²) in [7, 11) is 0. The Morgan fingerprint density at radius 1 is 0.912 bits per heavy atom. The van der Waals surface area contributed by atoms with Crippen LogP contribution in [-0.4, -0.2) is 59.4 Å². The molecule has 34 heavy (non-hydrogen) atoms. The molecule has 2 aromatic rings. The van der Waals surface area contributed by atoms with E-state index in [1.54, 1.807) is 30.6 Å². The van der Waals surface area contributed by atoms with Crippen LogP contribution in [0.5, 0.6) is 11.5 Å². The summed E-state index contributed by atoms with van der Waals surface area (Å²) in [4.78, 5) is 34.1. The molecular formula is C27H35N3O4. The molecule has 7 heteroatoms. The Kier molecular flexibility index (Phi) is 8.39. The molecule has 1 aromatic carbocycles. The third kappa shape index (κ3) is 5.88. The van der Waals surface area contributed by atoms with Crippen LogP contribution in [0.3, 0.4) is 0 Å². The molecular weight excluding hydrogens is 430 g/mol. The Labute approximate surface area is 202 Å². The number of pyridine rings is 1. The molecule has 7 nitrogen and oxygen atoms in total. The first-order chi connectivity index (χ1) is 16.7. The summed E-state index contributed by atoms with van der Waals surface area (Å²) < 4.78 is 11.6. The van der Waals surface area contributed by atoms with E-state index in [-0.39, 0.29) is 24.5 Å². The number of nitrogens with zero attached hydrogens (tertiary/aromatic N) is 3. The standard InChI is InChI=1S/C27H35N3O4/c1-2-33-25-19-22(10-11-24(25)34-20-26(31)29-16-6-4-7-17-29)27(32)30-18-8-3-5-9-23(30)21-12-14-28-15-13-21/h10-15,19,23H,2-9,16-18,20H2,1H3. The summed E-state index contributed by atoms with van der Waals surface area (Å²) >= 11 is 0. The second-order valence-corrected chi connectivity index (χ2v) is 8.97. The molecule has 2 fully saturated rings. The number of carbonyl (C=O) groups excluding carboxylic acids is 2. The van der Waals surface area contributed by atoms with Crippen molar-refractivity contribution in [3.05, 3.63) is 53.9 Å². The van der Waals surface area contributed by atoms with E-state index in [2.05, 4.69) is 4.98 Å². The minimum Gasteiger partial charge on any atom is -0.490 e. The van der Waals surface area contributed by atoms with E-state index >= 15 is 0 Å². The van der Waals surface area contributed by atoms with Crippen LogP contribution in [-0.2, 0) is 4.79 Å². The molecule has 1 atom stereocenters. The maximum absolute atomic E-state index is 13.6. The zero-order valence-corrected chi connectivity index (χ0v) is 20.1. The van der Waals surface area contributed by atoms with Gasteiger partial charge in [0.15, 0.2) is 18.1 Å². The number of rotatable bonds is 7. The topological polar surface area (TPSA) is 72.0 Å². The van der Waals surface area contributed by atoms with Crippen molar-refractivity contribution in [2.24, 2.45) is 0 Å². The van der Waals surface area contributed by atoms with Gasteiger partial charge in [-0.05, 0) is 74.9 Å². The number of amides is 2. The SMILES string of the molecule is CCOc1cc(C(=O)N2CCCCCC2c2ccncc2)ccc1OCC(=O)N1CCCCC1. The van der Waals surface area contributed by atoms with E-state index in [0.717, 1.165) is 63.7 Å². The Balaban J connectivity index is 1.50. The minimum absolute atomic E-state index is 0.00735. The number of hydrogen-bond donors (Lipinski definition) is 0. The molecule has 0 radical (unpaired) electrons. The molecule has 0 N–H and O–H groups in total. The molecule has 2 aliphatic rings. The minimum atomic E-state index is -0.0242. The van der Waals surface area contributed by atoms with Crippen LogP contribution in [0.1, 0.15) is 73.8 Å². The zero-order valence-electron chi connectivity index (χ0n) is 20.1. The molecule has 1 unspecified atom stereocenters. The van der Waals surface area contributed by atoms with Crippen molar-refractivity contribution in [2.75, 3.05) is 32.8 Å². The molecule has 0 aliphatic carbocycles. The fourth-order valence-corrected chi connectivity index (χ4v) is 4.85. The van der Waals surface area contributed by atoms with Crippen LogP contribution < -0.4 is 9.47 Å². The van der Waals surface area contributed by atoms with Crippen molar-refractivity contribution in [2.45, 2.75) is 57.9 Å². The predicted molar refractivity (Wildman–Crippen MR) is 130 cm³/mol. The van der Waals surface area contributed by atoms with Crippen LogP contribution in [0.15, 0.2) is 42.7 Å². The zero-order chi connectivity index (χ0) is 23.8. The summed E-state index contributed by atoms with van der Waals surface area (Å²) in [6.07, 6.45) is 11.0. The van der Waals surface area contributed by atoms with Gasteiger partial charge in [-0.3, -0.25) is 14.6 Å². The first-order valence-electron chi connectivity index (χ1n) is 12.6. The average Bonchev–Trinajstić information content (AvgIpc) is 3.15. The van der Waals surface area contributed by atoms with Crippen LogP contribution in [0, 0.1) is 0 Å². The summed E-state index contributed by atoms with van der Waals surface area (Å²) in [6.45, 7) is 4.62. The molecule has 2 amide bonds. The van der Waals surface area contributed by atoms with Gasteiger partial charge in [0.25, 0.3) is 11.8 Å². The number of ether oxygens (including phenoxy) is 2. The van der Waals surface area contributed by atoms with Crippen molar-refractivity contribution in [3.63, 3.8) is 0 Å². The van der Waals surface area contributed by atoms with Gasteiger partial charge in [-0.2, -0.15) is 0 Å². The Morgan fingerprint density at radius 3 is 2.41 bits per heavy atom. The lowest BCUT2D eigenvalue weighted by atomic mass is 10.0. The third-order valence-electron chi connectivity index (χ3n) is 6.65. The number of hydrogen-bond acceptors (Lipinski definition) is 5. The van der Waals surface area contributed by atoms with Gasteiger partial charge in [0.2, 0.25) is 0 Å². The van der Waals surface area contributed by atoms with E-state index in [4.69, 9.17) is 9.47 Å². The van der Waals surface area contributed by atoms with Gasteiger partial charge in [0, 0.05) is 37.6 Å². The van der Waals surface area contributed by atoms with Crippen LogP contribution in [0.2, 0.25) is 0 Å². The van der Waals surface area contributed by atoms with Crippen molar-refractivity contribution in [1.29, 1.82) is 0 Å². The van der Waals surface area contributed by atoms with Crippen LogP contribution in [0.4, 0.5) is 0 Å². The molecule has 0 bridgehead atoms. The lowest BCUT2D eigenvalue weighted by Crippen LogP contribution is -2.38. The van der Waals surface area contributed by atoms with Gasteiger partial charge in [-0.1, -0.05) is 12.8 Å². The Morgan fingerprint density at radius 2 is 1.65 bits per heavy atom. The lowest BCUT2D eigenvalue weighted by molar-refractivity contribution is -0.134. The van der Waals surface area contributed by atoms with Crippen molar-refractivity contribution < 1.29 is 19.1 Å². The highest BCUT2D eigenvalue weighted by Crippen LogP contribution is 2.34. The first-order valence-corrected chi connectivity index (χ1v) is 12.6. The van der Waals surface area contributed by atoms with Crippen LogP contribution in [0.25, 0.3) is 0 Å². The van der Waals surface area contributed by atoms with Crippen molar-refractivity contribution in [1.82, 2.24) is 14.8 Å². The molecule has 0 spiro atoms. The van der Waals surface area contributed by atoms with E-state index < -0.39 is 0 Å². The largest absolute Gasteiger partial charge is 0.490 e. The number of likely N-dealkylation sites (tertiary alicyclic amines) is 2. The van der Waals surface area contributed by atoms with Gasteiger partial charge < -0.3 is 19.3 Å². The molecule has 1 aromatic heterocycles. The molecule has 0 saturated carbocycles. The smallest absolute Gasteiger partial charge is 0.260 e. The fraction of sp³-hybridized carbons (Fsp3) is 0.519. The summed E-state index contributed by atoms with van der Waals surface area (Å²) in [5.41, 5.74) is 1.69. The average molecular weight is 466 g/mol. The van der Waals surface area contributed by atoms with Gasteiger partial charge >= 0.3 is 0 Å². The van der Waals surface area contributed by atoms with E-state index in [1.807, 2.05) is 28.9 Å². The highest BCUT2D eigenvalue weighted by Gasteiger charge is 2.28. The molecule has 3 heterocycles. The highest BCUT2D eigenvalue weighted by atomic mass is 16.5. The highest BCUT2D eigenvalue weighted by molar-refractivity contribution is 5.95. The van der Waals surface area contributed by atoms with Crippen molar-refractivity contribution in [3.8, 4) is 11.5 Å². The van der Waals surface area contributed by atoms with E-state index in [1.165, 1.54) is 6.42 Å². The molecule has 182 valence electrons. The summed E-state index contributed by atoms with van der Waals surface area (Å²) in [5, 5.41) is 0. The van der Waals surface area contributed by atoms with Gasteiger partial charge in [-0.15, -0.1) is 0 Å². The van der Waals surface area contributed by atoms with E-state index in [0.29, 0.717) is 23.7 Å². The number of aromatic nitrogens is 1. The number of benzene rings is 1. The monoisotopic (exact) mass is 465 g/mol. The van der Waals surface area contributed by atoms with Crippen LogP contribution >= 0.6 is 0 Å². The Hall–Kier alpha value is -3.09. The third-order valence-corrected chi connectivity index (χ3v) is 6.65. The molecule has 2 saturated heterocycles. The van der Waals surface area contributed by atoms with Crippen molar-refractivity contribution >= 4 is 11.8 Å². The first kappa shape index (κ1) is 24.0. The Bertz CT molecular complexity index is 960. The summed E-state index contributed by atoms with van der Waals surface area (Å²) in [6, 6.07) is 9.31. The molecule has 2 aliphatic heterocycles. The summed E-state index contributed by atoms with van der Waals surface area (Å²) in [5.74, 6) is 0.966. The predicted octanol–water partition coefficient (Wildman–Crippen LogP) is 4.63. The maximum atomic E-state index is 13.6. The maximum Gasteiger partial charge on any atom is 0.260 e. The number of piperidine rings is 1. The fourth-order valence-electron chi connectivity index (χ4n) is 4.85. The quantitative estimate of drug-likeness (QED) is 0.596. The van der Waals surface area contributed by atoms with Gasteiger partial charge in [0.05, 0.1) is 12.6 Å². The number of carbonyl (C=O) groups is 2. The second-order valence-electron chi connectivity index (χ2n) is 8.97. The van der Waals surface area contributed by atoms with Gasteiger partial charge in [0.1, 0.15) is 0 Å².